The van der Waals surface area contributed by atoms with E-state index in [4.69, 9.17) is 4.74 Å². The number of benzene rings is 2. The molecule has 0 aromatic heterocycles. The third-order valence-electron chi connectivity index (χ3n) is 5.15. The number of nitrogens with one attached hydrogen (secondary N) is 1. The van der Waals surface area contributed by atoms with E-state index in [1.165, 1.54) is 5.56 Å². The molecular weight excluding hydrogens is 286 g/mol. The molecule has 1 atom stereocenters. The molecule has 23 heavy (non-hydrogen) atoms. The molecule has 2 aliphatic heterocycles. The van der Waals surface area contributed by atoms with Crippen molar-refractivity contribution in [3.63, 3.8) is 0 Å². The summed E-state index contributed by atoms with van der Waals surface area (Å²) in [5.74, 6) is 0.878. The van der Waals surface area contributed by atoms with Crippen LogP contribution in [0.5, 0.6) is 5.75 Å². The average molecular weight is 307 g/mol. The Hall–Kier alpha value is -2.13. The molecule has 3 nitrogen and oxygen atoms in total. The van der Waals surface area contributed by atoms with Gasteiger partial charge < -0.3 is 10.1 Å². The SMILES string of the molecule is O=C1c2ccccc2OC2(CCNCC2)C1Cc1ccccc1. The van der Waals surface area contributed by atoms with E-state index in [0.717, 1.165) is 43.7 Å². The Bertz CT molecular complexity index is 705. The van der Waals surface area contributed by atoms with Crippen molar-refractivity contribution in [2.24, 2.45) is 5.92 Å². The zero-order valence-electron chi connectivity index (χ0n) is 13.1. The summed E-state index contributed by atoms with van der Waals surface area (Å²) in [6, 6.07) is 18.0. The predicted octanol–water partition coefficient (Wildman–Crippen LogP) is 3.24. The Morgan fingerprint density at radius 3 is 2.48 bits per heavy atom. The topological polar surface area (TPSA) is 38.3 Å². The molecule has 3 heteroatoms. The lowest BCUT2D eigenvalue weighted by molar-refractivity contribution is -0.0208. The molecule has 2 aromatic carbocycles. The Balaban J connectivity index is 1.75. The van der Waals surface area contributed by atoms with Gasteiger partial charge >= 0.3 is 0 Å². The third kappa shape index (κ3) is 2.55. The zero-order chi connectivity index (χ0) is 15.7. The molecule has 2 heterocycles. The Labute approximate surface area is 136 Å². The van der Waals surface area contributed by atoms with Gasteiger partial charge in [-0.3, -0.25) is 4.79 Å². The fraction of sp³-hybridized carbons (Fsp3) is 0.350. The second-order valence-corrected chi connectivity index (χ2v) is 6.52. The number of hydrogen-bond acceptors (Lipinski definition) is 3. The van der Waals surface area contributed by atoms with Crippen LogP contribution in [0.4, 0.5) is 0 Å². The minimum absolute atomic E-state index is 0.109. The minimum Gasteiger partial charge on any atom is -0.486 e. The second kappa shape index (κ2) is 5.82. The molecule has 1 spiro atoms. The molecule has 4 rings (SSSR count). The Kier molecular flexibility index (Phi) is 3.66. The van der Waals surface area contributed by atoms with Crippen LogP contribution in [0.1, 0.15) is 28.8 Å². The highest BCUT2D eigenvalue weighted by Gasteiger charge is 2.49. The summed E-state index contributed by atoms with van der Waals surface area (Å²) in [6.07, 6.45) is 2.50. The van der Waals surface area contributed by atoms with Crippen molar-refractivity contribution in [3.05, 3.63) is 65.7 Å². The van der Waals surface area contributed by atoms with Crippen molar-refractivity contribution >= 4 is 5.78 Å². The van der Waals surface area contributed by atoms with Gasteiger partial charge in [-0.15, -0.1) is 0 Å². The lowest BCUT2D eigenvalue weighted by Crippen LogP contribution is -2.56. The largest absolute Gasteiger partial charge is 0.486 e. The van der Waals surface area contributed by atoms with E-state index in [1.807, 2.05) is 42.5 Å². The predicted molar refractivity (Wildman–Crippen MR) is 89.9 cm³/mol. The van der Waals surface area contributed by atoms with Gasteiger partial charge in [0.15, 0.2) is 5.78 Å². The minimum atomic E-state index is -0.369. The number of Topliss-reactive ketones (excluding diaryl/α,β-unsaturated/α-hetero) is 1. The van der Waals surface area contributed by atoms with Crippen LogP contribution in [-0.2, 0) is 6.42 Å². The number of piperidine rings is 1. The maximum absolute atomic E-state index is 13.2. The number of hydrogen-bond donors (Lipinski definition) is 1. The molecule has 1 N–H and O–H groups in total. The summed E-state index contributed by atoms with van der Waals surface area (Å²) >= 11 is 0. The van der Waals surface area contributed by atoms with Gasteiger partial charge in [-0.1, -0.05) is 42.5 Å². The lowest BCUT2D eigenvalue weighted by Gasteiger charge is -2.46. The zero-order valence-corrected chi connectivity index (χ0v) is 13.1. The number of ketones is 1. The van der Waals surface area contributed by atoms with Crippen molar-refractivity contribution < 1.29 is 9.53 Å². The molecular formula is C20H21NO2. The normalized spacial score (nSPS) is 22.4. The van der Waals surface area contributed by atoms with E-state index in [2.05, 4.69) is 17.4 Å². The van der Waals surface area contributed by atoms with E-state index >= 15 is 0 Å². The number of carbonyl (C=O) groups is 1. The van der Waals surface area contributed by atoms with E-state index in [1.54, 1.807) is 0 Å². The van der Waals surface area contributed by atoms with Gasteiger partial charge in [0.1, 0.15) is 11.4 Å². The van der Waals surface area contributed by atoms with Crippen molar-refractivity contribution in [3.8, 4) is 5.75 Å². The van der Waals surface area contributed by atoms with Crippen LogP contribution in [0, 0.1) is 5.92 Å². The first-order chi connectivity index (χ1) is 11.3. The summed E-state index contributed by atoms with van der Waals surface area (Å²) < 4.78 is 6.45. The van der Waals surface area contributed by atoms with Crippen LogP contribution < -0.4 is 10.1 Å². The molecule has 1 unspecified atom stereocenters. The maximum atomic E-state index is 13.2. The fourth-order valence-electron chi connectivity index (χ4n) is 3.90. The molecule has 0 saturated carbocycles. The second-order valence-electron chi connectivity index (χ2n) is 6.52. The quantitative estimate of drug-likeness (QED) is 0.925. The summed E-state index contributed by atoms with van der Waals surface area (Å²) in [4.78, 5) is 13.2. The van der Waals surface area contributed by atoms with Gasteiger partial charge in [0.25, 0.3) is 0 Å². The van der Waals surface area contributed by atoms with Crippen LogP contribution in [0.2, 0.25) is 0 Å². The van der Waals surface area contributed by atoms with Crippen LogP contribution in [0.15, 0.2) is 54.6 Å². The highest BCUT2D eigenvalue weighted by molar-refractivity contribution is 6.02. The molecule has 2 aromatic rings. The van der Waals surface area contributed by atoms with E-state index < -0.39 is 0 Å². The van der Waals surface area contributed by atoms with Gasteiger partial charge in [-0.25, -0.2) is 0 Å². The highest BCUT2D eigenvalue weighted by atomic mass is 16.5. The molecule has 2 aliphatic rings. The smallest absolute Gasteiger partial charge is 0.173 e. The lowest BCUT2D eigenvalue weighted by atomic mass is 9.71. The van der Waals surface area contributed by atoms with Gasteiger partial charge in [-0.2, -0.15) is 0 Å². The van der Waals surface area contributed by atoms with Crippen LogP contribution >= 0.6 is 0 Å². The summed E-state index contributed by atoms with van der Waals surface area (Å²) in [6.45, 7) is 1.81. The number of rotatable bonds is 2. The number of para-hydroxylation sites is 1. The molecule has 0 aliphatic carbocycles. The molecule has 118 valence electrons. The first-order valence-corrected chi connectivity index (χ1v) is 8.35. The standard InChI is InChI=1S/C20H21NO2/c22-19-16-8-4-5-9-18(16)23-20(10-12-21-13-11-20)17(19)14-15-6-2-1-3-7-15/h1-9,17,21H,10-14H2. The van der Waals surface area contributed by atoms with Crippen LogP contribution in [-0.4, -0.2) is 24.5 Å². The van der Waals surface area contributed by atoms with Gasteiger partial charge in [0.05, 0.1) is 11.5 Å². The van der Waals surface area contributed by atoms with Crippen molar-refractivity contribution in [1.82, 2.24) is 5.32 Å². The van der Waals surface area contributed by atoms with Crippen molar-refractivity contribution in [1.29, 1.82) is 0 Å². The van der Waals surface area contributed by atoms with Gasteiger partial charge in [0, 0.05) is 12.8 Å². The third-order valence-corrected chi connectivity index (χ3v) is 5.15. The monoisotopic (exact) mass is 307 g/mol. The van der Waals surface area contributed by atoms with Crippen LogP contribution in [0.25, 0.3) is 0 Å². The summed E-state index contributed by atoms with van der Waals surface area (Å²) in [7, 11) is 0. The molecule has 1 fully saturated rings. The Morgan fingerprint density at radius 2 is 1.70 bits per heavy atom. The molecule has 0 bridgehead atoms. The summed E-state index contributed by atoms with van der Waals surface area (Å²) in [5.41, 5.74) is 1.57. The van der Waals surface area contributed by atoms with E-state index in [0.29, 0.717) is 0 Å². The molecule has 0 amide bonds. The summed E-state index contributed by atoms with van der Waals surface area (Å²) in [5, 5.41) is 3.39. The number of fused-ring (bicyclic) bond motifs is 1. The Morgan fingerprint density at radius 1 is 1.00 bits per heavy atom. The van der Waals surface area contributed by atoms with E-state index in [9.17, 15) is 4.79 Å². The van der Waals surface area contributed by atoms with Crippen molar-refractivity contribution in [2.75, 3.05) is 13.1 Å². The fourth-order valence-corrected chi connectivity index (χ4v) is 3.90. The maximum Gasteiger partial charge on any atom is 0.173 e. The number of carbonyl (C=O) groups excluding carboxylic acids is 1. The van der Waals surface area contributed by atoms with Crippen LogP contribution in [0.3, 0.4) is 0 Å². The average Bonchev–Trinajstić information content (AvgIpc) is 2.60. The van der Waals surface area contributed by atoms with Gasteiger partial charge in [0.2, 0.25) is 0 Å². The first kappa shape index (κ1) is 14.5. The van der Waals surface area contributed by atoms with Gasteiger partial charge in [-0.05, 0) is 37.2 Å². The molecule has 1 saturated heterocycles. The highest BCUT2D eigenvalue weighted by Crippen LogP contribution is 2.43. The number of ether oxygens (including phenoxy) is 1. The van der Waals surface area contributed by atoms with Crippen molar-refractivity contribution in [2.45, 2.75) is 24.9 Å². The first-order valence-electron chi connectivity index (χ1n) is 8.35. The molecule has 0 radical (unpaired) electrons. The van der Waals surface area contributed by atoms with E-state index in [-0.39, 0.29) is 17.3 Å².